The molecule has 2 fully saturated rings. The number of aromatic nitrogens is 1. The monoisotopic (exact) mass is 308 g/mol. The summed E-state index contributed by atoms with van der Waals surface area (Å²) in [6.45, 7) is 4.90. The van der Waals surface area contributed by atoms with Gasteiger partial charge in [0.25, 0.3) is 0 Å². The van der Waals surface area contributed by atoms with Crippen molar-refractivity contribution < 1.29 is 9.47 Å². The van der Waals surface area contributed by atoms with Crippen LogP contribution in [0.4, 0.5) is 5.69 Å². The zero-order valence-corrected chi connectivity index (χ0v) is 13.6. The molecule has 5 heteroatoms. The molecule has 0 amide bonds. The lowest BCUT2D eigenvalue weighted by atomic mass is 9.90. The molecule has 3 rings (SSSR count). The lowest BCUT2D eigenvalue weighted by molar-refractivity contribution is -0.0628. The van der Waals surface area contributed by atoms with Gasteiger partial charge in [-0.1, -0.05) is 0 Å². The molecule has 21 heavy (non-hydrogen) atoms. The van der Waals surface area contributed by atoms with Crippen molar-refractivity contribution in [3.8, 4) is 5.88 Å². The fourth-order valence-corrected chi connectivity index (χ4v) is 4.43. The van der Waals surface area contributed by atoms with Crippen molar-refractivity contribution in [1.29, 1.82) is 0 Å². The van der Waals surface area contributed by atoms with Crippen LogP contribution in [0, 0.1) is 0 Å². The van der Waals surface area contributed by atoms with Crippen LogP contribution >= 0.6 is 11.8 Å². The van der Waals surface area contributed by atoms with Crippen LogP contribution in [0.2, 0.25) is 0 Å². The van der Waals surface area contributed by atoms with Crippen molar-refractivity contribution in [3.63, 3.8) is 0 Å². The summed E-state index contributed by atoms with van der Waals surface area (Å²) in [4.78, 5) is 4.35. The minimum absolute atomic E-state index is 0.0991. The Morgan fingerprint density at radius 3 is 3.19 bits per heavy atom. The maximum atomic E-state index is 6.08. The van der Waals surface area contributed by atoms with Crippen molar-refractivity contribution >= 4 is 17.4 Å². The number of thioether (sulfide) groups is 1. The summed E-state index contributed by atoms with van der Waals surface area (Å²) in [5.41, 5.74) is 1.10. The van der Waals surface area contributed by atoms with E-state index in [1.54, 1.807) is 6.20 Å². The first-order chi connectivity index (χ1) is 10.2. The Hall–Kier alpha value is -0.940. The average molecular weight is 308 g/mol. The summed E-state index contributed by atoms with van der Waals surface area (Å²) in [6, 6.07) is 4.45. The highest BCUT2D eigenvalue weighted by Crippen LogP contribution is 2.39. The maximum Gasteiger partial charge on any atom is 0.237 e. The lowest BCUT2D eigenvalue weighted by Crippen LogP contribution is -2.44. The summed E-state index contributed by atoms with van der Waals surface area (Å²) in [5.74, 6) is 3.06. The van der Waals surface area contributed by atoms with E-state index in [4.69, 9.17) is 9.47 Å². The molecule has 0 bridgehead atoms. The molecule has 1 spiro atoms. The first kappa shape index (κ1) is 15.0. The van der Waals surface area contributed by atoms with Crippen LogP contribution in [0.25, 0.3) is 0 Å². The first-order valence-electron chi connectivity index (χ1n) is 7.77. The van der Waals surface area contributed by atoms with Crippen LogP contribution in [0.3, 0.4) is 0 Å². The molecule has 0 aromatic carbocycles. The van der Waals surface area contributed by atoms with Gasteiger partial charge < -0.3 is 14.8 Å². The molecule has 1 aromatic heterocycles. The van der Waals surface area contributed by atoms with E-state index in [0.717, 1.165) is 30.9 Å². The lowest BCUT2D eigenvalue weighted by Gasteiger charge is -2.38. The summed E-state index contributed by atoms with van der Waals surface area (Å²) in [7, 11) is 0. The Kier molecular flexibility index (Phi) is 4.60. The Bertz CT molecular complexity index is 475. The topological polar surface area (TPSA) is 43.4 Å². The number of pyridine rings is 1. The molecule has 1 N–H and O–H groups in total. The van der Waals surface area contributed by atoms with Crippen molar-refractivity contribution in [3.05, 3.63) is 18.3 Å². The van der Waals surface area contributed by atoms with Crippen LogP contribution in [-0.2, 0) is 4.74 Å². The molecule has 0 saturated carbocycles. The fraction of sp³-hybridized carbons (Fsp3) is 0.688. The quantitative estimate of drug-likeness (QED) is 0.924. The smallest absolute Gasteiger partial charge is 0.237 e. The Balaban J connectivity index is 1.68. The molecule has 4 nitrogen and oxygen atoms in total. The molecule has 0 radical (unpaired) electrons. The van der Waals surface area contributed by atoms with Crippen molar-refractivity contribution in [2.75, 3.05) is 23.4 Å². The first-order valence-corrected chi connectivity index (χ1v) is 8.92. The van der Waals surface area contributed by atoms with Gasteiger partial charge in [0.1, 0.15) is 0 Å². The van der Waals surface area contributed by atoms with Gasteiger partial charge in [0.05, 0.1) is 17.4 Å². The van der Waals surface area contributed by atoms with Gasteiger partial charge in [-0.25, -0.2) is 4.98 Å². The van der Waals surface area contributed by atoms with E-state index < -0.39 is 0 Å². The number of ether oxygens (including phenoxy) is 2. The molecular formula is C16H24N2O2S. The van der Waals surface area contributed by atoms with Gasteiger partial charge in [0.15, 0.2) is 0 Å². The second-order valence-corrected chi connectivity index (χ2v) is 7.30. The molecule has 2 aliphatic rings. The number of rotatable bonds is 4. The third-order valence-electron chi connectivity index (χ3n) is 4.04. The Morgan fingerprint density at radius 2 is 2.43 bits per heavy atom. The zero-order valence-electron chi connectivity index (χ0n) is 12.8. The fourth-order valence-electron chi connectivity index (χ4n) is 3.05. The largest absolute Gasteiger partial charge is 0.473 e. The van der Waals surface area contributed by atoms with E-state index in [2.05, 4.69) is 16.4 Å². The number of hydrogen-bond acceptors (Lipinski definition) is 5. The third-order valence-corrected chi connectivity index (χ3v) is 5.26. The molecule has 0 aliphatic carbocycles. The van der Waals surface area contributed by atoms with Gasteiger partial charge in [0.2, 0.25) is 5.88 Å². The third kappa shape index (κ3) is 3.64. The molecule has 2 saturated heterocycles. The van der Waals surface area contributed by atoms with Crippen LogP contribution < -0.4 is 10.1 Å². The number of nitrogens with one attached hydrogen (secondary N) is 1. The summed E-state index contributed by atoms with van der Waals surface area (Å²) >= 11 is 2.01. The number of anilines is 1. The highest BCUT2D eigenvalue weighted by atomic mass is 32.2. The van der Waals surface area contributed by atoms with Gasteiger partial charge in [0, 0.05) is 24.6 Å². The van der Waals surface area contributed by atoms with Crippen molar-refractivity contribution in [1.82, 2.24) is 4.98 Å². The summed E-state index contributed by atoms with van der Waals surface area (Å²) in [6.07, 6.45) is 5.21. The molecule has 3 heterocycles. The zero-order chi connectivity index (χ0) is 14.7. The van der Waals surface area contributed by atoms with Gasteiger partial charge >= 0.3 is 0 Å². The minimum Gasteiger partial charge on any atom is -0.473 e. The Labute approximate surface area is 131 Å². The van der Waals surface area contributed by atoms with E-state index in [1.807, 2.05) is 31.7 Å². The molecular weight excluding hydrogens is 284 g/mol. The van der Waals surface area contributed by atoms with Crippen LogP contribution in [0.15, 0.2) is 18.3 Å². The van der Waals surface area contributed by atoms with Crippen molar-refractivity contribution in [2.24, 2.45) is 0 Å². The van der Waals surface area contributed by atoms with Gasteiger partial charge in [-0.05, 0) is 51.0 Å². The van der Waals surface area contributed by atoms with Gasteiger partial charge in [-0.2, -0.15) is 11.8 Å². The number of hydrogen-bond donors (Lipinski definition) is 1. The van der Waals surface area contributed by atoms with E-state index in [9.17, 15) is 0 Å². The number of nitrogens with zero attached hydrogens (tertiary/aromatic N) is 1. The normalized spacial score (nSPS) is 29.0. The van der Waals surface area contributed by atoms with Gasteiger partial charge in [-0.15, -0.1) is 0 Å². The van der Waals surface area contributed by atoms with Crippen LogP contribution in [0.5, 0.6) is 5.88 Å². The molecule has 1 aromatic rings. The molecule has 2 atom stereocenters. The molecule has 2 unspecified atom stereocenters. The predicted octanol–water partition coefficient (Wildman–Crippen LogP) is 3.34. The van der Waals surface area contributed by atoms with Gasteiger partial charge in [-0.3, -0.25) is 0 Å². The highest BCUT2D eigenvalue weighted by molar-refractivity contribution is 7.99. The van der Waals surface area contributed by atoms with Crippen LogP contribution in [-0.4, -0.2) is 40.8 Å². The van der Waals surface area contributed by atoms with E-state index >= 15 is 0 Å². The molecule has 2 aliphatic heterocycles. The van der Waals surface area contributed by atoms with Crippen molar-refractivity contribution in [2.45, 2.75) is 50.9 Å². The van der Waals surface area contributed by atoms with E-state index in [-0.39, 0.29) is 11.7 Å². The average Bonchev–Trinajstić information content (AvgIpc) is 2.88. The minimum atomic E-state index is 0.0991. The Morgan fingerprint density at radius 1 is 1.52 bits per heavy atom. The maximum absolute atomic E-state index is 6.08. The predicted molar refractivity (Wildman–Crippen MR) is 87.3 cm³/mol. The summed E-state index contributed by atoms with van der Waals surface area (Å²) < 4.78 is 11.9. The second-order valence-electron chi connectivity index (χ2n) is 6.19. The highest BCUT2D eigenvalue weighted by Gasteiger charge is 2.40. The molecule has 116 valence electrons. The summed E-state index contributed by atoms with van der Waals surface area (Å²) in [5, 5.41) is 3.63. The van der Waals surface area contributed by atoms with E-state index in [0.29, 0.717) is 11.9 Å². The second kappa shape index (κ2) is 6.44. The van der Waals surface area contributed by atoms with Crippen LogP contribution in [0.1, 0.15) is 33.1 Å². The SMILES string of the molecule is CC(C)Oc1ncccc1NC1CCOC2(CCSC2)C1. The van der Waals surface area contributed by atoms with E-state index in [1.165, 1.54) is 12.2 Å². The standard InChI is InChI=1S/C16H24N2O2S/c1-12(2)20-15-14(4-3-7-17-15)18-13-5-8-19-16(10-13)6-9-21-11-16/h3-4,7,12-13,18H,5-6,8-11H2,1-2H3.